The number of hydrogen-bond donors (Lipinski definition) is 1. The second kappa shape index (κ2) is 7.17. The van der Waals surface area contributed by atoms with E-state index in [0.29, 0.717) is 36.8 Å². The van der Waals surface area contributed by atoms with Crippen molar-refractivity contribution in [3.8, 4) is 0 Å². The predicted octanol–water partition coefficient (Wildman–Crippen LogP) is 1.62. The largest absolute Gasteiger partial charge is 0.374 e. The Morgan fingerprint density at radius 3 is 2.78 bits per heavy atom. The maximum atomic E-state index is 11.7. The summed E-state index contributed by atoms with van der Waals surface area (Å²) in [7, 11) is 0. The van der Waals surface area contributed by atoms with Crippen LogP contribution in [0, 0.1) is 6.92 Å². The van der Waals surface area contributed by atoms with E-state index >= 15 is 0 Å². The Balaban J connectivity index is 1.47. The highest BCUT2D eigenvalue weighted by molar-refractivity contribution is 5.69. The lowest BCUT2D eigenvalue weighted by Gasteiger charge is -2.07. The van der Waals surface area contributed by atoms with Crippen LogP contribution in [-0.2, 0) is 22.8 Å². The summed E-state index contributed by atoms with van der Waals surface area (Å²) < 4.78 is 12.8. The van der Waals surface area contributed by atoms with Crippen LogP contribution in [0.2, 0.25) is 0 Å². The van der Waals surface area contributed by atoms with Gasteiger partial charge in [0.25, 0.3) is 5.56 Å². The van der Waals surface area contributed by atoms with Gasteiger partial charge in [0.1, 0.15) is 12.6 Å². The van der Waals surface area contributed by atoms with Crippen molar-refractivity contribution in [2.24, 2.45) is 0 Å². The maximum Gasteiger partial charge on any atom is 0.279 e. The first kappa shape index (κ1) is 15.4. The van der Waals surface area contributed by atoms with Gasteiger partial charge in [0.2, 0.25) is 0 Å². The minimum absolute atomic E-state index is 0.238. The molecule has 0 aliphatic heterocycles. The number of aromatic amines is 1. The van der Waals surface area contributed by atoms with Crippen molar-refractivity contribution in [2.45, 2.75) is 20.3 Å². The molecule has 1 N–H and O–H groups in total. The van der Waals surface area contributed by atoms with E-state index in [1.807, 2.05) is 30.3 Å². The Kier molecular flexibility index (Phi) is 4.80. The fourth-order valence-electron chi connectivity index (χ4n) is 2.20. The highest BCUT2D eigenvalue weighted by Gasteiger charge is 2.08. The van der Waals surface area contributed by atoms with Crippen LogP contribution < -0.4 is 5.56 Å². The summed E-state index contributed by atoms with van der Waals surface area (Å²) in [5.74, 6) is 0.551. The summed E-state index contributed by atoms with van der Waals surface area (Å²) in [5, 5.41) is 0. The smallest absolute Gasteiger partial charge is 0.279 e. The zero-order valence-corrected chi connectivity index (χ0v) is 12.9. The lowest BCUT2D eigenvalue weighted by atomic mass is 10.2. The third kappa shape index (κ3) is 3.82. The van der Waals surface area contributed by atoms with Crippen LogP contribution in [0.25, 0.3) is 11.2 Å². The van der Waals surface area contributed by atoms with Crippen molar-refractivity contribution in [3.05, 3.63) is 58.4 Å². The van der Waals surface area contributed by atoms with Gasteiger partial charge in [-0.1, -0.05) is 30.3 Å². The molecule has 2 aromatic heterocycles. The van der Waals surface area contributed by atoms with Gasteiger partial charge in [0.05, 0.1) is 26.1 Å². The number of hydrogen-bond acceptors (Lipinski definition) is 5. The fraction of sp³-hybridized carbons (Fsp3) is 0.312. The van der Waals surface area contributed by atoms with E-state index in [-0.39, 0.29) is 12.3 Å². The Labute approximate surface area is 132 Å². The van der Waals surface area contributed by atoms with Gasteiger partial charge in [-0.15, -0.1) is 0 Å². The van der Waals surface area contributed by atoms with Crippen molar-refractivity contribution in [2.75, 3.05) is 13.2 Å². The first-order chi connectivity index (χ1) is 11.2. The monoisotopic (exact) mass is 314 g/mol. The lowest BCUT2D eigenvalue weighted by molar-refractivity contribution is 0.0147. The number of aromatic nitrogens is 4. The second-order valence-corrected chi connectivity index (χ2v) is 5.11. The summed E-state index contributed by atoms with van der Waals surface area (Å²) in [4.78, 5) is 22.7. The molecule has 0 amide bonds. The average molecular weight is 314 g/mol. The fourth-order valence-corrected chi connectivity index (χ4v) is 2.20. The molecule has 0 saturated heterocycles. The highest BCUT2D eigenvalue weighted by Crippen LogP contribution is 2.05. The second-order valence-electron chi connectivity index (χ2n) is 5.11. The normalized spacial score (nSPS) is 11.2. The molecule has 0 spiro atoms. The van der Waals surface area contributed by atoms with Crippen molar-refractivity contribution >= 4 is 11.2 Å². The number of ether oxygens (including phenoxy) is 2. The van der Waals surface area contributed by atoms with E-state index in [1.54, 1.807) is 17.8 Å². The molecule has 0 aliphatic carbocycles. The minimum Gasteiger partial charge on any atom is -0.374 e. The standard InChI is InChI=1S/C16H18N4O3/c1-12-18-15-14(16(21)19-12)17-10-20(15)11-23-8-7-22-9-13-5-3-2-4-6-13/h2-6,10H,7-9,11H2,1H3,(H,18,19,21). The number of H-pyrrole nitrogens is 1. The van der Waals surface area contributed by atoms with E-state index in [0.717, 1.165) is 5.56 Å². The summed E-state index contributed by atoms with van der Waals surface area (Å²) in [5.41, 5.74) is 1.74. The molecule has 0 fully saturated rings. The number of rotatable bonds is 7. The van der Waals surface area contributed by atoms with Gasteiger partial charge in [0, 0.05) is 0 Å². The molecule has 3 rings (SSSR count). The minimum atomic E-state index is -0.238. The Hall–Kier alpha value is -2.51. The SMILES string of the molecule is Cc1nc2c(ncn2COCCOCc2ccccc2)c(=O)[nH]1. The third-order valence-electron chi connectivity index (χ3n) is 3.31. The summed E-state index contributed by atoms with van der Waals surface area (Å²) >= 11 is 0. The van der Waals surface area contributed by atoms with Gasteiger partial charge in [0.15, 0.2) is 11.2 Å². The van der Waals surface area contributed by atoms with Gasteiger partial charge in [-0.25, -0.2) is 9.97 Å². The molecule has 0 aliphatic rings. The number of imidazole rings is 1. The van der Waals surface area contributed by atoms with Crippen LogP contribution >= 0.6 is 0 Å². The topological polar surface area (TPSA) is 82.0 Å². The van der Waals surface area contributed by atoms with Crippen LogP contribution in [0.4, 0.5) is 0 Å². The molecule has 23 heavy (non-hydrogen) atoms. The molecule has 7 nitrogen and oxygen atoms in total. The third-order valence-corrected chi connectivity index (χ3v) is 3.31. The van der Waals surface area contributed by atoms with Crippen LogP contribution in [0.1, 0.15) is 11.4 Å². The van der Waals surface area contributed by atoms with E-state index in [1.165, 1.54) is 0 Å². The molecule has 0 atom stereocenters. The van der Waals surface area contributed by atoms with E-state index in [9.17, 15) is 4.79 Å². The first-order valence-corrected chi connectivity index (χ1v) is 7.35. The molecular weight excluding hydrogens is 296 g/mol. The van der Waals surface area contributed by atoms with Crippen molar-refractivity contribution < 1.29 is 9.47 Å². The van der Waals surface area contributed by atoms with Gasteiger partial charge < -0.3 is 14.5 Å². The zero-order valence-electron chi connectivity index (χ0n) is 12.9. The quantitative estimate of drug-likeness (QED) is 0.670. The number of nitrogens with one attached hydrogen (secondary N) is 1. The van der Waals surface area contributed by atoms with Gasteiger partial charge in [-0.05, 0) is 12.5 Å². The number of aryl methyl sites for hydroxylation is 1. The van der Waals surface area contributed by atoms with Gasteiger partial charge in [-0.2, -0.15) is 0 Å². The number of nitrogens with zero attached hydrogens (tertiary/aromatic N) is 3. The molecule has 3 aromatic rings. The molecule has 7 heteroatoms. The molecule has 0 bridgehead atoms. The average Bonchev–Trinajstić information content (AvgIpc) is 2.95. The predicted molar refractivity (Wildman–Crippen MR) is 84.9 cm³/mol. The van der Waals surface area contributed by atoms with Crippen molar-refractivity contribution in [3.63, 3.8) is 0 Å². The van der Waals surface area contributed by atoms with Crippen LogP contribution in [0.5, 0.6) is 0 Å². The van der Waals surface area contributed by atoms with Crippen LogP contribution in [0.15, 0.2) is 41.5 Å². The van der Waals surface area contributed by atoms with E-state index in [4.69, 9.17) is 9.47 Å². The molecule has 0 unspecified atom stereocenters. The molecule has 0 saturated carbocycles. The number of benzene rings is 1. The molecule has 2 heterocycles. The van der Waals surface area contributed by atoms with Crippen molar-refractivity contribution in [1.29, 1.82) is 0 Å². The highest BCUT2D eigenvalue weighted by atomic mass is 16.5. The molecular formula is C16H18N4O3. The van der Waals surface area contributed by atoms with E-state index < -0.39 is 0 Å². The van der Waals surface area contributed by atoms with Gasteiger partial charge in [-0.3, -0.25) is 9.36 Å². The zero-order chi connectivity index (χ0) is 16.1. The van der Waals surface area contributed by atoms with E-state index in [2.05, 4.69) is 15.0 Å². The summed E-state index contributed by atoms with van der Waals surface area (Å²) in [6, 6.07) is 9.98. The Morgan fingerprint density at radius 1 is 1.17 bits per heavy atom. The van der Waals surface area contributed by atoms with Crippen LogP contribution in [0.3, 0.4) is 0 Å². The maximum absolute atomic E-state index is 11.7. The molecule has 0 radical (unpaired) electrons. The Bertz CT molecular complexity index is 826. The molecule has 120 valence electrons. The Morgan fingerprint density at radius 2 is 1.96 bits per heavy atom. The molecule has 1 aromatic carbocycles. The van der Waals surface area contributed by atoms with Crippen LogP contribution in [-0.4, -0.2) is 32.7 Å². The number of fused-ring (bicyclic) bond motifs is 1. The summed E-state index contributed by atoms with van der Waals surface area (Å²) in [6.45, 7) is 3.52. The summed E-state index contributed by atoms with van der Waals surface area (Å²) in [6.07, 6.45) is 1.55. The van der Waals surface area contributed by atoms with Gasteiger partial charge >= 0.3 is 0 Å². The first-order valence-electron chi connectivity index (χ1n) is 7.35. The lowest BCUT2D eigenvalue weighted by Crippen LogP contribution is -2.12. The van der Waals surface area contributed by atoms with Crippen molar-refractivity contribution in [1.82, 2.24) is 19.5 Å².